The normalized spacial score (nSPS) is 20.6. The second-order valence-electron chi connectivity index (χ2n) is 3.72. The summed E-state index contributed by atoms with van der Waals surface area (Å²) in [5.41, 5.74) is 0.823. The van der Waals surface area contributed by atoms with E-state index in [-0.39, 0.29) is 5.91 Å². The number of pyridine rings is 1. The third-order valence-electron chi connectivity index (χ3n) is 2.54. The summed E-state index contributed by atoms with van der Waals surface area (Å²) in [4.78, 5) is 17.8. The van der Waals surface area contributed by atoms with E-state index in [1.165, 1.54) is 0 Å². The van der Waals surface area contributed by atoms with Crippen LogP contribution in [-0.2, 0) is 4.79 Å². The van der Waals surface area contributed by atoms with E-state index in [9.17, 15) is 4.79 Å². The molecule has 0 N–H and O–H groups in total. The van der Waals surface area contributed by atoms with Crippen LogP contribution in [0.15, 0.2) is 21.3 Å². The Kier molecular flexibility index (Phi) is 3.92. The number of hydrogen-bond donors (Lipinski definition) is 1. The number of rotatable bonds is 2. The second kappa shape index (κ2) is 5.06. The first-order chi connectivity index (χ1) is 7.61. The van der Waals surface area contributed by atoms with Gasteiger partial charge in [-0.2, -0.15) is 12.6 Å². The highest BCUT2D eigenvalue weighted by Crippen LogP contribution is 2.32. The summed E-state index contributed by atoms with van der Waals surface area (Å²) in [5, 5.41) is 0. The van der Waals surface area contributed by atoms with Gasteiger partial charge in [-0.1, -0.05) is 0 Å². The van der Waals surface area contributed by atoms with Crippen LogP contribution in [0.3, 0.4) is 0 Å². The molecule has 1 unspecified atom stereocenters. The van der Waals surface area contributed by atoms with Crippen molar-refractivity contribution in [2.24, 2.45) is 5.92 Å². The zero-order valence-electron chi connectivity index (χ0n) is 8.36. The van der Waals surface area contributed by atoms with Crippen LogP contribution in [0.5, 0.6) is 0 Å². The molecule has 0 saturated carbocycles. The highest BCUT2D eigenvalue weighted by molar-refractivity contribution is 9.11. The van der Waals surface area contributed by atoms with Gasteiger partial charge in [0, 0.05) is 23.6 Å². The quantitative estimate of drug-likeness (QED) is 0.645. The molecule has 2 heterocycles. The zero-order chi connectivity index (χ0) is 11.7. The molecule has 1 atom stereocenters. The summed E-state index contributed by atoms with van der Waals surface area (Å²) >= 11 is 11.0. The second-order valence-corrected chi connectivity index (χ2v) is 5.75. The van der Waals surface area contributed by atoms with E-state index in [0.717, 1.165) is 22.5 Å². The molecule has 0 radical (unpaired) electrons. The van der Waals surface area contributed by atoms with Gasteiger partial charge in [-0.15, -0.1) is 0 Å². The molecule has 1 aliphatic heterocycles. The maximum absolute atomic E-state index is 11.8. The van der Waals surface area contributed by atoms with E-state index < -0.39 is 0 Å². The molecule has 86 valence electrons. The Morgan fingerprint density at radius 1 is 1.56 bits per heavy atom. The minimum Gasteiger partial charge on any atom is -0.309 e. The highest BCUT2D eigenvalue weighted by Gasteiger charge is 2.31. The van der Waals surface area contributed by atoms with Crippen molar-refractivity contribution >= 4 is 56.1 Å². The number of amides is 1. The fourth-order valence-electron chi connectivity index (χ4n) is 1.74. The van der Waals surface area contributed by atoms with Crippen molar-refractivity contribution in [2.75, 3.05) is 17.2 Å². The van der Waals surface area contributed by atoms with Gasteiger partial charge in [0.25, 0.3) is 0 Å². The summed E-state index contributed by atoms with van der Waals surface area (Å²) in [5.74, 6) is 1.21. The van der Waals surface area contributed by atoms with Crippen LogP contribution >= 0.6 is 44.5 Å². The molecule has 0 aromatic carbocycles. The fourth-order valence-corrected chi connectivity index (χ4v) is 2.73. The lowest BCUT2D eigenvalue weighted by Gasteiger charge is -2.17. The van der Waals surface area contributed by atoms with Gasteiger partial charge in [0.15, 0.2) is 0 Å². The lowest BCUT2D eigenvalue weighted by molar-refractivity contribution is -0.117. The summed E-state index contributed by atoms with van der Waals surface area (Å²) in [6, 6.07) is 1.90. The van der Waals surface area contributed by atoms with E-state index in [4.69, 9.17) is 0 Å². The Bertz CT molecular complexity index is 427. The van der Waals surface area contributed by atoms with Crippen molar-refractivity contribution in [3.05, 3.63) is 21.3 Å². The van der Waals surface area contributed by atoms with Crippen LogP contribution in [0, 0.1) is 5.92 Å². The van der Waals surface area contributed by atoms with Gasteiger partial charge in [-0.3, -0.25) is 4.79 Å². The smallest absolute Gasteiger partial charge is 0.227 e. The first-order valence-corrected chi connectivity index (χ1v) is 7.06. The molecule has 3 nitrogen and oxygen atoms in total. The highest BCUT2D eigenvalue weighted by atomic mass is 79.9. The van der Waals surface area contributed by atoms with Crippen LogP contribution in [0.1, 0.15) is 6.42 Å². The van der Waals surface area contributed by atoms with Crippen molar-refractivity contribution in [2.45, 2.75) is 6.42 Å². The van der Waals surface area contributed by atoms with Crippen LogP contribution < -0.4 is 4.90 Å². The third kappa shape index (κ3) is 2.43. The van der Waals surface area contributed by atoms with Gasteiger partial charge in [0.1, 0.15) is 4.60 Å². The zero-order valence-corrected chi connectivity index (χ0v) is 12.4. The van der Waals surface area contributed by atoms with Crippen molar-refractivity contribution in [3.63, 3.8) is 0 Å². The Balaban J connectivity index is 2.30. The number of anilines is 1. The lowest BCUT2D eigenvalue weighted by Crippen LogP contribution is -2.25. The molecule has 2 rings (SSSR count). The number of halogens is 2. The van der Waals surface area contributed by atoms with Gasteiger partial charge in [-0.05, 0) is 49.6 Å². The number of aromatic nitrogens is 1. The monoisotopic (exact) mass is 364 g/mol. The number of nitrogens with zero attached hydrogens (tertiary/aromatic N) is 2. The molecule has 0 aliphatic carbocycles. The van der Waals surface area contributed by atoms with Crippen LogP contribution in [0.25, 0.3) is 0 Å². The molecule has 1 aliphatic rings. The maximum atomic E-state index is 11.8. The van der Waals surface area contributed by atoms with Crippen molar-refractivity contribution in [3.8, 4) is 0 Å². The van der Waals surface area contributed by atoms with Crippen LogP contribution in [0.4, 0.5) is 5.69 Å². The molecule has 1 saturated heterocycles. The number of carbonyl (C=O) groups is 1. The minimum atomic E-state index is 0.139. The average molecular weight is 366 g/mol. The predicted molar refractivity (Wildman–Crippen MR) is 74.0 cm³/mol. The Morgan fingerprint density at radius 2 is 2.31 bits per heavy atom. The summed E-state index contributed by atoms with van der Waals surface area (Å²) in [6.45, 7) is 0.721. The molecule has 1 amide bonds. The predicted octanol–water partition coefficient (Wildman–Crippen LogP) is 2.89. The average Bonchev–Trinajstić information content (AvgIpc) is 2.63. The van der Waals surface area contributed by atoms with Crippen molar-refractivity contribution in [1.29, 1.82) is 0 Å². The molecule has 6 heteroatoms. The largest absolute Gasteiger partial charge is 0.309 e. The Morgan fingerprint density at radius 3 is 2.94 bits per heavy atom. The molecule has 0 spiro atoms. The van der Waals surface area contributed by atoms with Crippen LogP contribution in [-0.4, -0.2) is 23.2 Å². The standard InChI is InChI=1S/C10H10Br2N2OS/c11-7-2-8(10(12)13-3-7)14-4-6(5-16)1-9(14)15/h2-3,6,16H,1,4-5H2. The topological polar surface area (TPSA) is 33.2 Å². The fraction of sp³-hybridized carbons (Fsp3) is 0.400. The van der Waals surface area contributed by atoms with Crippen molar-refractivity contribution in [1.82, 2.24) is 4.98 Å². The van der Waals surface area contributed by atoms with Crippen molar-refractivity contribution < 1.29 is 4.79 Å². The SMILES string of the molecule is O=C1CC(CS)CN1c1cc(Br)cnc1Br. The van der Waals surface area contributed by atoms with Gasteiger partial charge in [-0.25, -0.2) is 4.98 Å². The third-order valence-corrected chi connectivity index (χ3v) is 4.10. The van der Waals surface area contributed by atoms with Gasteiger partial charge < -0.3 is 4.90 Å². The lowest BCUT2D eigenvalue weighted by atomic mass is 10.1. The molecular weight excluding hydrogens is 356 g/mol. The van der Waals surface area contributed by atoms with Gasteiger partial charge >= 0.3 is 0 Å². The summed E-state index contributed by atoms with van der Waals surface area (Å²) in [6.07, 6.45) is 2.27. The van der Waals surface area contributed by atoms with E-state index in [2.05, 4.69) is 49.5 Å². The van der Waals surface area contributed by atoms with E-state index in [1.54, 1.807) is 11.1 Å². The van der Waals surface area contributed by atoms with Gasteiger partial charge in [0.05, 0.1) is 5.69 Å². The molecule has 1 aromatic heterocycles. The molecular formula is C10H10Br2N2OS. The van der Waals surface area contributed by atoms with Gasteiger partial charge in [0.2, 0.25) is 5.91 Å². The number of hydrogen-bond acceptors (Lipinski definition) is 3. The molecule has 0 bridgehead atoms. The van der Waals surface area contributed by atoms with E-state index in [0.29, 0.717) is 16.9 Å². The van der Waals surface area contributed by atoms with E-state index in [1.807, 2.05) is 6.07 Å². The first-order valence-electron chi connectivity index (χ1n) is 4.84. The maximum Gasteiger partial charge on any atom is 0.227 e. The number of thiol groups is 1. The molecule has 16 heavy (non-hydrogen) atoms. The Hall–Kier alpha value is -0.0700. The first kappa shape index (κ1) is 12.4. The van der Waals surface area contributed by atoms with E-state index >= 15 is 0 Å². The number of carbonyl (C=O) groups excluding carboxylic acids is 1. The summed E-state index contributed by atoms with van der Waals surface area (Å²) in [7, 11) is 0. The minimum absolute atomic E-state index is 0.139. The molecule has 1 fully saturated rings. The molecule has 1 aromatic rings. The summed E-state index contributed by atoms with van der Waals surface area (Å²) < 4.78 is 1.57. The van der Waals surface area contributed by atoms with Crippen LogP contribution in [0.2, 0.25) is 0 Å². The Labute approximate surface area is 116 Å².